The second-order valence-corrected chi connectivity index (χ2v) is 6.92. The standard InChI is InChI=1S/C18H25ClN4/c1-14-20-11-18(22(14)2)13-23-9-3-4-15(12-23)10-21-17-7-5-16(19)6-8-17/h5-8,11,15,21H,3-4,9-10,12-13H2,1-2H3. The van der Waals surface area contributed by atoms with Crippen molar-refractivity contribution in [1.29, 1.82) is 0 Å². The Morgan fingerprint density at radius 2 is 2.09 bits per heavy atom. The Morgan fingerprint density at radius 1 is 1.30 bits per heavy atom. The van der Waals surface area contributed by atoms with Gasteiger partial charge >= 0.3 is 0 Å². The van der Waals surface area contributed by atoms with Crippen molar-refractivity contribution in [2.24, 2.45) is 13.0 Å². The summed E-state index contributed by atoms with van der Waals surface area (Å²) in [5.74, 6) is 1.77. The van der Waals surface area contributed by atoms with Crippen molar-refractivity contribution in [2.45, 2.75) is 26.3 Å². The highest BCUT2D eigenvalue weighted by Gasteiger charge is 2.20. The van der Waals surface area contributed by atoms with Gasteiger partial charge in [0, 0.05) is 43.6 Å². The lowest BCUT2D eigenvalue weighted by Crippen LogP contribution is -2.38. The van der Waals surface area contributed by atoms with Gasteiger partial charge in [0.25, 0.3) is 0 Å². The highest BCUT2D eigenvalue weighted by atomic mass is 35.5. The first-order valence-corrected chi connectivity index (χ1v) is 8.68. The molecule has 1 saturated heterocycles. The summed E-state index contributed by atoms with van der Waals surface area (Å²) in [6.45, 7) is 6.39. The number of likely N-dealkylation sites (tertiary alicyclic amines) is 1. The molecule has 1 aromatic carbocycles. The monoisotopic (exact) mass is 332 g/mol. The molecular weight excluding hydrogens is 308 g/mol. The average Bonchev–Trinajstić information content (AvgIpc) is 2.87. The van der Waals surface area contributed by atoms with Gasteiger partial charge in [-0.25, -0.2) is 4.98 Å². The van der Waals surface area contributed by atoms with Crippen LogP contribution in [0, 0.1) is 12.8 Å². The third-order valence-electron chi connectivity index (χ3n) is 4.74. The van der Waals surface area contributed by atoms with Crippen LogP contribution in [-0.2, 0) is 13.6 Å². The minimum Gasteiger partial charge on any atom is -0.385 e. The maximum absolute atomic E-state index is 5.93. The van der Waals surface area contributed by atoms with Crippen molar-refractivity contribution >= 4 is 17.3 Å². The van der Waals surface area contributed by atoms with E-state index in [0.29, 0.717) is 5.92 Å². The molecule has 1 aromatic heterocycles. The topological polar surface area (TPSA) is 33.1 Å². The third-order valence-corrected chi connectivity index (χ3v) is 5.00. The highest BCUT2D eigenvalue weighted by Crippen LogP contribution is 2.20. The van der Waals surface area contributed by atoms with Crippen LogP contribution in [0.2, 0.25) is 5.02 Å². The lowest BCUT2D eigenvalue weighted by atomic mass is 9.97. The summed E-state index contributed by atoms with van der Waals surface area (Å²) in [7, 11) is 2.10. The van der Waals surface area contributed by atoms with Gasteiger partial charge < -0.3 is 9.88 Å². The Kier molecular flexibility index (Phi) is 5.23. The predicted octanol–water partition coefficient (Wildman–Crippen LogP) is 3.71. The largest absolute Gasteiger partial charge is 0.385 e. The number of piperidine rings is 1. The first-order chi connectivity index (χ1) is 11.1. The molecule has 0 saturated carbocycles. The predicted molar refractivity (Wildman–Crippen MR) is 95.9 cm³/mol. The second kappa shape index (κ2) is 7.37. The molecule has 23 heavy (non-hydrogen) atoms. The van der Waals surface area contributed by atoms with Crippen molar-refractivity contribution in [3.8, 4) is 0 Å². The van der Waals surface area contributed by atoms with Gasteiger partial charge in [-0.3, -0.25) is 4.90 Å². The van der Waals surface area contributed by atoms with E-state index in [-0.39, 0.29) is 0 Å². The number of nitrogens with one attached hydrogen (secondary N) is 1. The Bertz CT molecular complexity index is 635. The van der Waals surface area contributed by atoms with E-state index in [0.717, 1.165) is 36.2 Å². The normalized spacial score (nSPS) is 19.0. The first-order valence-electron chi connectivity index (χ1n) is 8.31. The molecule has 0 aliphatic carbocycles. The maximum atomic E-state index is 5.93. The summed E-state index contributed by atoms with van der Waals surface area (Å²) < 4.78 is 2.19. The Labute approximate surface area is 143 Å². The van der Waals surface area contributed by atoms with E-state index in [9.17, 15) is 0 Å². The summed E-state index contributed by atoms with van der Waals surface area (Å²) in [6, 6.07) is 7.95. The van der Waals surface area contributed by atoms with Gasteiger partial charge in [-0.2, -0.15) is 0 Å². The van der Waals surface area contributed by atoms with Crippen molar-refractivity contribution in [2.75, 3.05) is 25.0 Å². The zero-order valence-electron chi connectivity index (χ0n) is 13.9. The van der Waals surface area contributed by atoms with Crippen LogP contribution in [-0.4, -0.2) is 34.1 Å². The summed E-state index contributed by atoms with van der Waals surface area (Å²) in [6.07, 6.45) is 4.57. The van der Waals surface area contributed by atoms with Crippen molar-refractivity contribution in [3.63, 3.8) is 0 Å². The molecule has 0 radical (unpaired) electrons. The van der Waals surface area contributed by atoms with E-state index in [1.54, 1.807) is 0 Å². The number of benzene rings is 1. The minimum absolute atomic E-state index is 0.689. The highest BCUT2D eigenvalue weighted by molar-refractivity contribution is 6.30. The molecular formula is C18H25ClN4. The first kappa shape index (κ1) is 16.3. The van der Waals surface area contributed by atoms with Crippen LogP contribution in [0.4, 0.5) is 5.69 Å². The van der Waals surface area contributed by atoms with Crippen LogP contribution < -0.4 is 5.32 Å². The van der Waals surface area contributed by atoms with Crippen molar-refractivity contribution < 1.29 is 0 Å². The van der Waals surface area contributed by atoms with Crippen molar-refractivity contribution in [3.05, 3.63) is 47.0 Å². The molecule has 1 unspecified atom stereocenters. The number of anilines is 1. The Hall–Kier alpha value is -1.52. The fourth-order valence-electron chi connectivity index (χ4n) is 3.22. The summed E-state index contributed by atoms with van der Waals surface area (Å²) in [4.78, 5) is 6.95. The number of hydrogen-bond donors (Lipinski definition) is 1. The molecule has 5 heteroatoms. The lowest BCUT2D eigenvalue weighted by Gasteiger charge is -2.33. The number of imidazole rings is 1. The van der Waals surface area contributed by atoms with Gasteiger partial charge in [-0.15, -0.1) is 0 Å². The van der Waals surface area contributed by atoms with E-state index >= 15 is 0 Å². The SMILES string of the molecule is Cc1ncc(CN2CCCC(CNc3ccc(Cl)cc3)C2)n1C. The molecule has 0 spiro atoms. The molecule has 2 heterocycles. The smallest absolute Gasteiger partial charge is 0.105 e. The maximum Gasteiger partial charge on any atom is 0.105 e. The molecule has 2 aromatic rings. The van der Waals surface area contributed by atoms with Gasteiger partial charge in [0.15, 0.2) is 0 Å². The molecule has 1 atom stereocenters. The minimum atomic E-state index is 0.689. The van der Waals surface area contributed by atoms with E-state index in [1.165, 1.54) is 25.1 Å². The number of aryl methyl sites for hydroxylation is 1. The third kappa shape index (κ3) is 4.27. The van der Waals surface area contributed by atoms with E-state index in [1.807, 2.05) is 30.5 Å². The van der Waals surface area contributed by atoms with Crippen molar-refractivity contribution in [1.82, 2.24) is 14.5 Å². The zero-order chi connectivity index (χ0) is 16.2. The molecule has 3 rings (SSSR count). The number of aromatic nitrogens is 2. The number of hydrogen-bond acceptors (Lipinski definition) is 3. The summed E-state index contributed by atoms with van der Waals surface area (Å²) in [5.41, 5.74) is 2.45. The van der Waals surface area contributed by atoms with E-state index in [2.05, 4.69) is 33.7 Å². The zero-order valence-corrected chi connectivity index (χ0v) is 14.7. The lowest BCUT2D eigenvalue weighted by molar-refractivity contribution is 0.170. The Balaban J connectivity index is 1.51. The van der Waals surface area contributed by atoms with E-state index < -0.39 is 0 Å². The number of nitrogens with zero attached hydrogens (tertiary/aromatic N) is 3. The van der Waals surface area contributed by atoms with Gasteiger partial charge in [-0.1, -0.05) is 11.6 Å². The molecule has 0 bridgehead atoms. The number of halogens is 1. The summed E-state index contributed by atoms with van der Waals surface area (Å²) >= 11 is 5.93. The molecule has 1 N–H and O–H groups in total. The average molecular weight is 333 g/mol. The summed E-state index contributed by atoms with van der Waals surface area (Å²) in [5, 5.41) is 4.32. The van der Waals surface area contributed by atoms with Gasteiger partial charge in [0.2, 0.25) is 0 Å². The van der Waals surface area contributed by atoms with Gasteiger partial charge in [0.1, 0.15) is 5.82 Å². The molecule has 1 fully saturated rings. The van der Waals surface area contributed by atoms with Crippen LogP contribution in [0.15, 0.2) is 30.5 Å². The van der Waals surface area contributed by atoms with Gasteiger partial charge in [0.05, 0.1) is 5.69 Å². The quantitative estimate of drug-likeness (QED) is 0.906. The van der Waals surface area contributed by atoms with Crippen LogP contribution in [0.5, 0.6) is 0 Å². The molecule has 1 aliphatic heterocycles. The molecule has 1 aliphatic rings. The van der Waals surface area contributed by atoms with Crippen LogP contribution in [0.1, 0.15) is 24.4 Å². The van der Waals surface area contributed by atoms with Crippen LogP contribution in [0.25, 0.3) is 0 Å². The van der Waals surface area contributed by atoms with Crippen LogP contribution in [0.3, 0.4) is 0 Å². The van der Waals surface area contributed by atoms with Crippen LogP contribution >= 0.6 is 11.6 Å². The van der Waals surface area contributed by atoms with Gasteiger partial charge in [-0.05, 0) is 56.5 Å². The van der Waals surface area contributed by atoms with E-state index in [4.69, 9.17) is 11.6 Å². The fourth-order valence-corrected chi connectivity index (χ4v) is 3.34. The second-order valence-electron chi connectivity index (χ2n) is 6.49. The fraction of sp³-hybridized carbons (Fsp3) is 0.500. The molecule has 0 amide bonds. The number of rotatable bonds is 5. The molecule has 124 valence electrons. The Morgan fingerprint density at radius 3 is 2.78 bits per heavy atom. The molecule has 4 nitrogen and oxygen atoms in total.